The third kappa shape index (κ3) is 3.77. The van der Waals surface area contributed by atoms with Crippen molar-refractivity contribution in [3.05, 3.63) is 64.9 Å². The molecule has 0 saturated heterocycles. The van der Waals surface area contributed by atoms with Gasteiger partial charge in [0.05, 0.1) is 18.7 Å². The van der Waals surface area contributed by atoms with E-state index >= 15 is 0 Å². The van der Waals surface area contributed by atoms with Crippen LogP contribution in [-0.2, 0) is 6.54 Å². The second kappa shape index (κ2) is 7.66. The maximum absolute atomic E-state index is 12.5. The SMILES string of the molecule is COc1cc(-c2noc(Cn3ncc4ccccc4c3=O)n2)ccc1OC(F)F. The number of fused-ring (bicyclic) bond motifs is 1. The summed E-state index contributed by atoms with van der Waals surface area (Å²) in [6, 6.07) is 11.4. The third-order valence-electron chi connectivity index (χ3n) is 4.15. The predicted molar refractivity (Wildman–Crippen MR) is 98.0 cm³/mol. The van der Waals surface area contributed by atoms with E-state index in [-0.39, 0.29) is 35.3 Å². The Morgan fingerprint density at radius 2 is 2.00 bits per heavy atom. The zero-order chi connectivity index (χ0) is 20.4. The molecule has 0 N–H and O–H groups in total. The lowest BCUT2D eigenvalue weighted by Crippen LogP contribution is -2.23. The number of benzene rings is 2. The number of nitrogens with zero attached hydrogens (tertiary/aromatic N) is 4. The Bertz CT molecular complexity index is 1220. The van der Waals surface area contributed by atoms with Gasteiger partial charge < -0.3 is 14.0 Å². The van der Waals surface area contributed by atoms with Crippen molar-refractivity contribution in [2.45, 2.75) is 13.2 Å². The smallest absolute Gasteiger partial charge is 0.387 e. The highest BCUT2D eigenvalue weighted by Gasteiger charge is 2.16. The summed E-state index contributed by atoms with van der Waals surface area (Å²) in [7, 11) is 1.33. The molecule has 4 aromatic rings. The summed E-state index contributed by atoms with van der Waals surface area (Å²) in [5.74, 6) is 0.357. The molecule has 0 aliphatic rings. The lowest BCUT2D eigenvalue weighted by atomic mass is 10.2. The van der Waals surface area contributed by atoms with Crippen molar-refractivity contribution in [1.82, 2.24) is 19.9 Å². The molecule has 8 nitrogen and oxygen atoms in total. The maximum atomic E-state index is 12.5. The molecule has 4 rings (SSSR count). The molecule has 0 atom stereocenters. The Hall–Kier alpha value is -3.82. The van der Waals surface area contributed by atoms with E-state index in [0.717, 1.165) is 5.39 Å². The van der Waals surface area contributed by atoms with Crippen LogP contribution < -0.4 is 15.0 Å². The standard InChI is InChI=1S/C19H14F2N4O4/c1-27-15-8-11(6-7-14(15)28-19(20)21)17-23-16(29-24-17)10-25-18(26)13-5-3-2-4-12(13)9-22-25/h2-9,19H,10H2,1H3. The molecule has 0 saturated carbocycles. The summed E-state index contributed by atoms with van der Waals surface area (Å²) in [5.41, 5.74) is 0.190. The highest BCUT2D eigenvalue weighted by atomic mass is 19.3. The molecule has 29 heavy (non-hydrogen) atoms. The number of rotatable bonds is 6. The van der Waals surface area contributed by atoms with Crippen LogP contribution in [-0.4, -0.2) is 33.6 Å². The number of ether oxygens (including phenoxy) is 2. The molecule has 2 aromatic heterocycles. The average Bonchev–Trinajstić information content (AvgIpc) is 3.19. The van der Waals surface area contributed by atoms with Crippen molar-refractivity contribution in [2.75, 3.05) is 7.11 Å². The van der Waals surface area contributed by atoms with Crippen LogP contribution in [0.3, 0.4) is 0 Å². The Kier molecular flexibility index (Phi) is 4.90. The molecule has 0 unspecified atom stereocenters. The van der Waals surface area contributed by atoms with Gasteiger partial charge in [0, 0.05) is 10.9 Å². The van der Waals surface area contributed by atoms with Crippen molar-refractivity contribution in [1.29, 1.82) is 0 Å². The zero-order valence-corrected chi connectivity index (χ0v) is 15.1. The first kappa shape index (κ1) is 18.5. The van der Waals surface area contributed by atoms with Crippen LogP contribution in [0.1, 0.15) is 5.89 Å². The Balaban J connectivity index is 1.61. The van der Waals surface area contributed by atoms with Gasteiger partial charge in [0.1, 0.15) is 6.54 Å². The highest BCUT2D eigenvalue weighted by molar-refractivity contribution is 5.80. The van der Waals surface area contributed by atoms with E-state index in [2.05, 4.69) is 20.0 Å². The molecular formula is C19H14F2N4O4. The van der Waals surface area contributed by atoms with Crippen LogP contribution >= 0.6 is 0 Å². The molecule has 0 aliphatic heterocycles. The van der Waals surface area contributed by atoms with Crippen molar-refractivity contribution in [3.8, 4) is 22.9 Å². The normalized spacial score (nSPS) is 11.2. The molecule has 0 bridgehead atoms. The highest BCUT2D eigenvalue weighted by Crippen LogP contribution is 2.32. The van der Waals surface area contributed by atoms with Gasteiger partial charge in [-0.05, 0) is 24.3 Å². The Morgan fingerprint density at radius 3 is 2.79 bits per heavy atom. The molecule has 0 aliphatic carbocycles. The van der Waals surface area contributed by atoms with E-state index in [9.17, 15) is 13.6 Å². The lowest BCUT2D eigenvalue weighted by molar-refractivity contribution is -0.0512. The summed E-state index contributed by atoms with van der Waals surface area (Å²) in [5, 5.41) is 9.25. The van der Waals surface area contributed by atoms with Crippen LogP contribution in [0.25, 0.3) is 22.2 Å². The van der Waals surface area contributed by atoms with Crippen LogP contribution in [0, 0.1) is 0 Å². The van der Waals surface area contributed by atoms with Gasteiger partial charge >= 0.3 is 6.61 Å². The van der Waals surface area contributed by atoms with Crippen molar-refractivity contribution < 1.29 is 22.8 Å². The number of aromatic nitrogens is 4. The summed E-state index contributed by atoms with van der Waals surface area (Å²) in [4.78, 5) is 16.8. The first-order chi connectivity index (χ1) is 14.0. The fourth-order valence-corrected chi connectivity index (χ4v) is 2.80. The zero-order valence-electron chi connectivity index (χ0n) is 15.1. The number of halogens is 2. The topological polar surface area (TPSA) is 92.3 Å². The van der Waals surface area contributed by atoms with Crippen LogP contribution in [0.4, 0.5) is 8.78 Å². The summed E-state index contributed by atoms with van der Waals surface area (Å²) < 4.78 is 40.8. The minimum Gasteiger partial charge on any atom is -0.493 e. The van der Waals surface area contributed by atoms with Gasteiger partial charge in [-0.1, -0.05) is 23.4 Å². The molecule has 148 valence electrons. The van der Waals surface area contributed by atoms with Gasteiger partial charge in [-0.25, -0.2) is 4.68 Å². The van der Waals surface area contributed by atoms with Gasteiger partial charge in [0.25, 0.3) is 5.56 Å². The van der Waals surface area contributed by atoms with E-state index in [1.54, 1.807) is 24.4 Å². The van der Waals surface area contributed by atoms with Gasteiger partial charge in [0.15, 0.2) is 11.5 Å². The minimum absolute atomic E-state index is 0.0135. The predicted octanol–water partition coefficient (Wildman–Crippen LogP) is 3.10. The average molecular weight is 400 g/mol. The van der Waals surface area contributed by atoms with Crippen molar-refractivity contribution in [2.24, 2.45) is 0 Å². The van der Waals surface area contributed by atoms with E-state index in [0.29, 0.717) is 10.9 Å². The van der Waals surface area contributed by atoms with Gasteiger partial charge in [-0.2, -0.15) is 18.9 Å². The molecule has 0 radical (unpaired) electrons. The van der Waals surface area contributed by atoms with Gasteiger partial charge in [-0.15, -0.1) is 0 Å². The fourth-order valence-electron chi connectivity index (χ4n) is 2.80. The fraction of sp³-hybridized carbons (Fsp3) is 0.158. The maximum Gasteiger partial charge on any atom is 0.387 e. The Morgan fingerprint density at radius 1 is 1.17 bits per heavy atom. The largest absolute Gasteiger partial charge is 0.493 e. The molecule has 10 heteroatoms. The molecule has 0 amide bonds. The first-order valence-electron chi connectivity index (χ1n) is 8.46. The van der Waals surface area contributed by atoms with Crippen LogP contribution in [0.2, 0.25) is 0 Å². The summed E-state index contributed by atoms with van der Waals surface area (Å²) in [6.45, 7) is -2.99. The number of hydrogen-bond acceptors (Lipinski definition) is 7. The monoisotopic (exact) mass is 400 g/mol. The number of methoxy groups -OCH3 is 1. The second-order valence-electron chi connectivity index (χ2n) is 5.95. The van der Waals surface area contributed by atoms with Crippen LogP contribution in [0.15, 0.2) is 58.0 Å². The Labute approximate surface area is 162 Å². The third-order valence-corrected chi connectivity index (χ3v) is 4.15. The molecular weight excluding hydrogens is 386 g/mol. The van der Waals surface area contributed by atoms with E-state index in [1.807, 2.05) is 6.07 Å². The minimum atomic E-state index is -2.97. The molecule has 2 aromatic carbocycles. The molecule has 2 heterocycles. The van der Waals surface area contributed by atoms with E-state index < -0.39 is 6.61 Å². The second-order valence-corrected chi connectivity index (χ2v) is 5.95. The van der Waals surface area contributed by atoms with E-state index in [1.165, 1.54) is 30.0 Å². The summed E-state index contributed by atoms with van der Waals surface area (Å²) in [6.07, 6.45) is 1.58. The van der Waals surface area contributed by atoms with Gasteiger partial charge in [0.2, 0.25) is 11.7 Å². The van der Waals surface area contributed by atoms with Gasteiger partial charge in [-0.3, -0.25) is 4.79 Å². The van der Waals surface area contributed by atoms with E-state index in [4.69, 9.17) is 9.26 Å². The quantitative estimate of drug-likeness (QED) is 0.491. The van der Waals surface area contributed by atoms with Crippen molar-refractivity contribution >= 4 is 10.8 Å². The van der Waals surface area contributed by atoms with Crippen molar-refractivity contribution in [3.63, 3.8) is 0 Å². The molecule has 0 fully saturated rings. The van der Waals surface area contributed by atoms with Crippen LogP contribution in [0.5, 0.6) is 11.5 Å². The number of alkyl halides is 2. The molecule has 0 spiro atoms. The first-order valence-corrected chi connectivity index (χ1v) is 8.46. The lowest BCUT2D eigenvalue weighted by Gasteiger charge is -2.10. The summed E-state index contributed by atoms with van der Waals surface area (Å²) >= 11 is 0. The number of hydrogen-bond donors (Lipinski definition) is 0.